The van der Waals surface area contributed by atoms with E-state index in [-0.39, 0.29) is 5.34 Å². The Morgan fingerprint density at radius 2 is 1.60 bits per heavy atom. The molecule has 0 aliphatic rings. The topological polar surface area (TPSA) is 71.2 Å². The molecule has 5 heavy (non-hydrogen) atoms. The number of rotatable bonds is 0. The standard InChI is InChI=1S/HNO2.O.Zr/c2-1-3;;/h1H;;. The molecule has 0 bridgehead atoms. The van der Waals surface area contributed by atoms with Gasteiger partial charge in [-0.1, -0.05) is 0 Å². The van der Waals surface area contributed by atoms with E-state index in [2.05, 4.69) is 0 Å². The molecule has 0 aliphatic heterocycles. The first-order valence-corrected chi connectivity index (χ1v) is 1.62. The Labute approximate surface area is 43.4 Å². The van der Waals surface area contributed by atoms with E-state index in [9.17, 15) is 0 Å². The Balaban J connectivity index is 0. The maximum absolute atomic E-state index is 8.34. The molecular weight excluding hydrogens is 153 g/mol. The summed E-state index contributed by atoms with van der Waals surface area (Å²) in [5.74, 6) is 0. The summed E-state index contributed by atoms with van der Waals surface area (Å²) in [7, 11) is 0. The SMILES string of the molecule is O=[NH+][O-].[O]=[Zr]. The fraction of sp³-hybridized carbons (Fsp3) is 0. The summed E-state index contributed by atoms with van der Waals surface area (Å²) in [6, 6.07) is 0. The van der Waals surface area contributed by atoms with Gasteiger partial charge in [0.1, 0.15) is 0 Å². The molecule has 5 heteroatoms. The molecular formula is HNO3Zr. The molecule has 0 unspecified atom stereocenters. The van der Waals surface area contributed by atoms with E-state index < -0.39 is 0 Å². The van der Waals surface area contributed by atoms with Crippen molar-refractivity contribution in [1.29, 1.82) is 0 Å². The molecule has 0 heterocycles. The average Bonchev–Trinajstić information content (AvgIpc) is 1.46. The van der Waals surface area contributed by atoms with Crippen molar-refractivity contribution >= 4 is 0 Å². The first kappa shape index (κ1) is 8.92. The predicted octanol–water partition coefficient (Wildman–Crippen LogP) is -1.79. The van der Waals surface area contributed by atoms with Crippen molar-refractivity contribution in [3.8, 4) is 0 Å². The van der Waals surface area contributed by atoms with Crippen molar-refractivity contribution in [2.24, 2.45) is 0 Å². The van der Waals surface area contributed by atoms with Crippen LogP contribution in [0.4, 0.5) is 0 Å². The molecule has 0 spiro atoms. The molecule has 0 amide bonds. The van der Waals surface area contributed by atoms with E-state index in [1.807, 2.05) is 0 Å². The second kappa shape index (κ2) is 33.1. The molecule has 28 valence electrons. The third-order valence-corrected chi connectivity index (χ3v) is 0. The van der Waals surface area contributed by atoms with Gasteiger partial charge in [-0.05, 0) is 0 Å². The molecule has 0 saturated carbocycles. The van der Waals surface area contributed by atoms with Gasteiger partial charge in [-0.25, -0.2) is 0 Å². The van der Waals surface area contributed by atoms with Gasteiger partial charge in [0.15, 0.2) is 0 Å². The van der Waals surface area contributed by atoms with Gasteiger partial charge in [0, 0.05) is 5.34 Å². The zero-order valence-electron chi connectivity index (χ0n) is 2.22. The molecule has 0 radical (unpaired) electrons. The fourth-order valence-electron chi connectivity index (χ4n) is 0. The van der Waals surface area contributed by atoms with Crippen LogP contribution in [0.5, 0.6) is 0 Å². The van der Waals surface area contributed by atoms with Crippen LogP contribution >= 0.6 is 0 Å². The van der Waals surface area contributed by atoms with Gasteiger partial charge in [-0.3, -0.25) is 10.1 Å². The van der Waals surface area contributed by atoms with E-state index in [1.165, 1.54) is 0 Å². The van der Waals surface area contributed by atoms with Gasteiger partial charge in [0.2, 0.25) is 0 Å². The number of hydrogen-bond acceptors (Lipinski definition) is 3. The van der Waals surface area contributed by atoms with Gasteiger partial charge in [-0.2, -0.15) is 0 Å². The first-order valence-electron chi connectivity index (χ1n) is 0.612. The van der Waals surface area contributed by atoms with Gasteiger partial charge >= 0.3 is 27.5 Å². The van der Waals surface area contributed by atoms with Crippen LogP contribution in [0.2, 0.25) is 0 Å². The van der Waals surface area contributed by atoms with E-state index in [4.69, 9.17) is 12.9 Å². The summed E-state index contributed by atoms with van der Waals surface area (Å²) in [4.78, 5) is 8.12. The molecule has 4 nitrogen and oxygen atoms in total. The maximum atomic E-state index is 8.34. The Kier molecular flexibility index (Phi) is 59.0. The first-order chi connectivity index (χ1) is 2.41. The van der Waals surface area contributed by atoms with Gasteiger partial charge in [-0.15, -0.1) is 0 Å². The minimum atomic E-state index is 0.250. The summed E-state index contributed by atoms with van der Waals surface area (Å²) >= 11 is 0.300. The zero-order chi connectivity index (χ0) is 4.71. The van der Waals surface area contributed by atoms with Crippen LogP contribution < -0.4 is 5.34 Å². The van der Waals surface area contributed by atoms with Crippen LogP contribution in [-0.4, -0.2) is 0 Å². The summed E-state index contributed by atoms with van der Waals surface area (Å²) in [5, 5.41) is 8.38. The van der Waals surface area contributed by atoms with E-state index in [0.29, 0.717) is 24.7 Å². The molecule has 0 aromatic rings. The number of nitrogens with one attached hydrogen (secondary N) is 1. The van der Waals surface area contributed by atoms with Crippen molar-refractivity contribution in [2.75, 3.05) is 0 Å². The fourth-order valence-corrected chi connectivity index (χ4v) is 0. The van der Waals surface area contributed by atoms with Crippen molar-refractivity contribution in [1.82, 2.24) is 0 Å². The Bertz CT molecular complexity index is 20.9. The summed E-state index contributed by atoms with van der Waals surface area (Å²) < 4.78 is 8.34. The molecule has 0 rings (SSSR count). The minimum absolute atomic E-state index is 0.250. The van der Waals surface area contributed by atoms with Crippen LogP contribution in [0.15, 0.2) is 0 Å². The monoisotopic (exact) mass is 153 g/mol. The zero-order valence-corrected chi connectivity index (χ0v) is 4.68. The second-order valence-electron chi connectivity index (χ2n) is 0.0833. The van der Waals surface area contributed by atoms with Crippen LogP contribution in [-0.2, 0) is 27.5 Å². The molecule has 0 saturated heterocycles. The predicted molar refractivity (Wildman–Crippen MR) is 8.38 cm³/mol. The molecule has 0 aliphatic carbocycles. The van der Waals surface area contributed by atoms with Gasteiger partial charge < -0.3 is 0 Å². The third kappa shape index (κ3) is 2560. The quantitative estimate of drug-likeness (QED) is 0.331. The third-order valence-electron chi connectivity index (χ3n) is 0. The van der Waals surface area contributed by atoms with E-state index in [0.717, 1.165) is 0 Å². The van der Waals surface area contributed by atoms with Crippen molar-refractivity contribution in [3.05, 3.63) is 10.1 Å². The average molecular weight is 154 g/mol. The van der Waals surface area contributed by atoms with Crippen LogP contribution in [0.25, 0.3) is 0 Å². The molecule has 0 aromatic carbocycles. The van der Waals surface area contributed by atoms with Crippen molar-refractivity contribution < 1.29 is 32.9 Å². The molecule has 1 N–H and O–H groups in total. The second-order valence-corrected chi connectivity index (χ2v) is 0.0833. The van der Waals surface area contributed by atoms with Gasteiger partial charge in [0.05, 0.1) is 0 Å². The van der Waals surface area contributed by atoms with Crippen molar-refractivity contribution in [2.45, 2.75) is 0 Å². The van der Waals surface area contributed by atoms with E-state index in [1.54, 1.807) is 0 Å². The Hall–Kier alpha value is 0.0831. The van der Waals surface area contributed by atoms with Gasteiger partial charge in [0.25, 0.3) is 0 Å². The van der Waals surface area contributed by atoms with Crippen LogP contribution in [0.3, 0.4) is 0 Å². The Morgan fingerprint density at radius 3 is 1.60 bits per heavy atom. The molecule has 0 atom stereocenters. The summed E-state index contributed by atoms with van der Waals surface area (Å²) in [6.07, 6.45) is 0. The van der Waals surface area contributed by atoms with Crippen LogP contribution in [0.1, 0.15) is 0 Å². The molecule has 0 aromatic heterocycles. The molecule has 0 fully saturated rings. The van der Waals surface area contributed by atoms with E-state index >= 15 is 0 Å². The summed E-state index contributed by atoms with van der Waals surface area (Å²) in [5.41, 5.74) is 0. The van der Waals surface area contributed by atoms with Crippen molar-refractivity contribution in [3.63, 3.8) is 0 Å². The Morgan fingerprint density at radius 1 is 1.60 bits per heavy atom. The normalized spacial score (nSPS) is 3.00. The van der Waals surface area contributed by atoms with Crippen LogP contribution in [0, 0.1) is 10.1 Å². The number of hydrogen-bond donors (Lipinski definition) is 1. The summed E-state index contributed by atoms with van der Waals surface area (Å²) in [6.45, 7) is 0.